The van der Waals surface area contributed by atoms with Gasteiger partial charge in [-0.25, -0.2) is 0 Å². The van der Waals surface area contributed by atoms with Crippen LogP contribution in [-0.4, -0.2) is 39.3 Å². The van der Waals surface area contributed by atoms with Gasteiger partial charge in [-0.2, -0.15) is 0 Å². The van der Waals surface area contributed by atoms with Gasteiger partial charge in [0.25, 0.3) is 0 Å². The number of nitrogens with one attached hydrogen (secondary N) is 1. The maximum Gasteiger partial charge on any atom is 0.307 e. The summed E-state index contributed by atoms with van der Waals surface area (Å²) in [5.41, 5.74) is 1.77. The molecule has 1 amide bonds. The summed E-state index contributed by atoms with van der Waals surface area (Å²) < 4.78 is 21.5. The maximum absolute atomic E-state index is 12.8. The van der Waals surface area contributed by atoms with Gasteiger partial charge >= 0.3 is 5.97 Å². The number of benzene rings is 2. The topological polar surface area (TPSA) is 83.1 Å². The molecule has 1 aliphatic carbocycles. The average Bonchev–Trinajstić information content (AvgIpc) is 3.35. The minimum atomic E-state index is -0.540. The molecule has 1 fully saturated rings. The van der Waals surface area contributed by atoms with Crippen LogP contribution in [0.5, 0.6) is 17.2 Å². The van der Waals surface area contributed by atoms with Gasteiger partial charge in [0.1, 0.15) is 5.75 Å². The van der Waals surface area contributed by atoms with Crippen molar-refractivity contribution >= 4 is 11.9 Å². The fraction of sp³-hybridized carbons (Fsp3) is 0.462. The minimum absolute atomic E-state index is 0.0163. The standard InChI is InChI=1S/C26H33NO6/c1-30-23-13-12-19(16-24(23)31-2)22(17-26(29)32-3)27-25(28)14-11-18-7-6-10-21(15-18)33-20-8-4-5-9-20/h6-7,10,12-13,15-16,20,22H,4-5,8-9,11,14,17H2,1-3H3,(H,27,28). The predicted molar refractivity (Wildman–Crippen MR) is 125 cm³/mol. The predicted octanol–water partition coefficient (Wildman–Crippen LogP) is 4.38. The Bertz CT molecular complexity index is 938. The number of carbonyl (C=O) groups is 2. The summed E-state index contributed by atoms with van der Waals surface area (Å²) in [7, 11) is 4.43. The molecule has 1 atom stereocenters. The molecule has 0 bridgehead atoms. The Hall–Kier alpha value is -3.22. The molecule has 0 aromatic heterocycles. The van der Waals surface area contributed by atoms with E-state index in [9.17, 15) is 9.59 Å². The van der Waals surface area contributed by atoms with Crippen molar-refractivity contribution in [2.75, 3.05) is 21.3 Å². The molecule has 2 aromatic carbocycles. The third-order valence-electron chi connectivity index (χ3n) is 5.89. The summed E-state index contributed by atoms with van der Waals surface area (Å²) in [5.74, 6) is 1.39. The molecule has 2 aromatic rings. The molecular weight excluding hydrogens is 422 g/mol. The van der Waals surface area contributed by atoms with Crippen LogP contribution in [0.25, 0.3) is 0 Å². The van der Waals surface area contributed by atoms with Crippen molar-refractivity contribution in [3.8, 4) is 17.2 Å². The van der Waals surface area contributed by atoms with Gasteiger partial charge in [-0.15, -0.1) is 0 Å². The Morgan fingerprint density at radius 1 is 1.00 bits per heavy atom. The van der Waals surface area contributed by atoms with E-state index in [2.05, 4.69) is 5.32 Å². The molecule has 1 aliphatic rings. The van der Waals surface area contributed by atoms with E-state index in [0.717, 1.165) is 29.7 Å². The van der Waals surface area contributed by atoms with E-state index in [0.29, 0.717) is 24.0 Å². The summed E-state index contributed by atoms with van der Waals surface area (Å²) >= 11 is 0. The molecule has 0 heterocycles. The molecule has 0 aliphatic heterocycles. The molecule has 0 radical (unpaired) electrons. The van der Waals surface area contributed by atoms with E-state index in [1.807, 2.05) is 24.3 Å². The van der Waals surface area contributed by atoms with Crippen LogP contribution in [0.3, 0.4) is 0 Å². The Morgan fingerprint density at radius 3 is 2.45 bits per heavy atom. The molecule has 3 rings (SSSR count). The van der Waals surface area contributed by atoms with E-state index >= 15 is 0 Å². The van der Waals surface area contributed by atoms with Gasteiger partial charge in [-0.05, 0) is 67.5 Å². The average molecular weight is 456 g/mol. The van der Waals surface area contributed by atoms with Gasteiger partial charge in [0.15, 0.2) is 11.5 Å². The van der Waals surface area contributed by atoms with E-state index < -0.39 is 12.0 Å². The van der Waals surface area contributed by atoms with Crippen molar-refractivity contribution in [3.05, 3.63) is 53.6 Å². The number of hydrogen-bond donors (Lipinski definition) is 1. The van der Waals surface area contributed by atoms with Gasteiger partial charge in [-0.1, -0.05) is 18.2 Å². The van der Waals surface area contributed by atoms with Crippen LogP contribution < -0.4 is 19.5 Å². The van der Waals surface area contributed by atoms with Crippen LogP contribution in [-0.2, 0) is 20.7 Å². The first-order valence-electron chi connectivity index (χ1n) is 11.4. The van der Waals surface area contributed by atoms with E-state index in [1.165, 1.54) is 20.0 Å². The van der Waals surface area contributed by atoms with Crippen LogP contribution in [0.1, 0.15) is 55.7 Å². The minimum Gasteiger partial charge on any atom is -0.493 e. The van der Waals surface area contributed by atoms with Crippen LogP contribution in [0.15, 0.2) is 42.5 Å². The van der Waals surface area contributed by atoms with Gasteiger partial charge in [-0.3, -0.25) is 9.59 Å². The third kappa shape index (κ3) is 7.14. The number of esters is 1. The zero-order valence-electron chi connectivity index (χ0n) is 19.6. The first-order chi connectivity index (χ1) is 16.0. The van der Waals surface area contributed by atoms with E-state index in [1.54, 1.807) is 32.4 Å². The second kappa shape index (κ2) is 12.1. The van der Waals surface area contributed by atoms with Crippen molar-refractivity contribution < 1.29 is 28.5 Å². The highest BCUT2D eigenvalue weighted by atomic mass is 16.5. The van der Waals surface area contributed by atoms with Crippen LogP contribution in [0.2, 0.25) is 0 Å². The van der Waals surface area contributed by atoms with E-state index in [4.69, 9.17) is 18.9 Å². The lowest BCUT2D eigenvalue weighted by molar-refractivity contribution is -0.141. The Labute approximate surface area is 195 Å². The number of carbonyl (C=O) groups excluding carboxylic acids is 2. The molecule has 33 heavy (non-hydrogen) atoms. The number of methoxy groups -OCH3 is 3. The zero-order chi connectivity index (χ0) is 23.6. The molecule has 1 saturated carbocycles. The number of amides is 1. The second-order valence-electron chi connectivity index (χ2n) is 8.19. The van der Waals surface area contributed by atoms with E-state index in [-0.39, 0.29) is 18.7 Å². The first-order valence-corrected chi connectivity index (χ1v) is 11.4. The molecule has 178 valence electrons. The van der Waals surface area contributed by atoms with Gasteiger partial charge < -0.3 is 24.3 Å². The van der Waals surface area contributed by atoms with Crippen molar-refractivity contribution in [2.45, 2.75) is 57.1 Å². The molecular formula is C26H33NO6. The Morgan fingerprint density at radius 2 is 1.76 bits per heavy atom. The number of rotatable bonds is 11. The lowest BCUT2D eigenvalue weighted by atomic mass is 10.0. The SMILES string of the molecule is COC(=O)CC(NC(=O)CCc1cccc(OC2CCCC2)c1)c1ccc(OC)c(OC)c1. The number of ether oxygens (including phenoxy) is 4. The van der Waals surface area contributed by atoms with Crippen LogP contribution in [0.4, 0.5) is 0 Å². The largest absolute Gasteiger partial charge is 0.493 e. The first kappa shape index (κ1) is 24.4. The Balaban J connectivity index is 1.63. The molecule has 1 N–H and O–H groups in total. The highest BCUT2D eigenvalue weighted by molar-refractivity contribution is 5.78. The van der Waals surface area contributed by atoms with Gasteiger partial charge in [0.05, 0.1) is 39.9 Å². The molecule has 1 unspecified atom stereocenters. The smallest absolute Gasteiger partial charge is 0.307 e. The Kier molecular flexibility index (Phi) is 8.98. The summed E-state index contributed by atoms with van der Waals surface area (Å²) in [6.07, 6.45) is 5.82. The molecule has 7 heteroatoms. The van der Waals surface area contributed by atoms with Gasteiger partial charge in [0, 0.05) is 6.42 Å². The fourth-order valence-electron chi connectivity index (χ4n) is 4.07. The number of aryl methyl sites for hydroxylation is 1. The highest BCUT2D eigenvalue weighted by Gasteiger charge is 2.21. The maximum atomic E-state index is 12.8. The summed E-state index contributed by atoms with van der Waals surface area (Å²) in [6.45, 7) is 0. The lowest BCUT2D eigenvalue weighted by Gasteiger charge is -2.20. The quantitative estimate of drug-likeness (QED) is 0.507. The molecule has 0 spiro atoms. The molecule has 7 nitrogen and oxygen atoms in total. The van der Waals surface area contributed by atoms with Crippen LogP contribution >= 0.6 is 0 Å². The number of hydrogen-bond acceptors (Lipinski definition) is 6. The summed E-state index contributed by atoms with van der Waals surface area (Å²) in [4.78, 5) is 24.7. The van der Waals surface area contributed by atoms with Crippen LogP contribution in [0, 0.1) is 0 Å². The monoisotopic (exact) mass is 455 g/mol. The second-order valence-corrected chi connectivity index (χ2v) is 8.19. The fourth-order valence-corrected chi connectivity index (χ4v) is 4.07. The van der Waals surface area contributed by atoms with Crippen molar-refractivity contribution in [1.29, 1.82) is 0 Å². The normalized spacial score (nSPS) is 14.4. The summed E-state index contributed by atoms with van der Waals surface area (Å²) in [5, 5.41) is 2.96. The third-order valence-corrected chi connectivity index (χ3v) is 5.89. The van der Waals surface area contributed by atoms with Crippen molar-refractivity contribution in [1.82, 2.24) is 5.32 Å². The van der Waals surface area contributed by atoms with Crippen molar-refractivity contribution in [3.63, 3.8) is 0 Å². The zero-order valence-corrected chi connectivity index (χ0v) is 19.6. The highest BCUT2D eigenvalue weighted by Crippen LogP contribution is 2.31. The van der Waals surface area contributed by atoms with Gasteiger partial charge in [0.2, 0.25) is 5.91 Å². The van der Waals surface area contributed by atoms with Crippen molar-refractivity contribution in [2.24, 2.45) is 0 Å². The lowest BCUT2D eigenvalue weighted by Crippen LogP contribution is -2.30. The summed E-state index contributed by atoms with van der Waals surface area (Å²) in [6, 6.07) is 12.7. The molecule has 0 saturated heterocycles.